The molecule has 0 saturated heterocycles. The number of hydrazone groups is 1. The molecule has 0 radical (unpaired) electrons. The van der Waals surface area contributed by atoms with E-state index in [0.717, 1.165) is 0 Å². The minimum Gasteiger partial charge on any atom is -0.504 e. The van der Waals surface area contributed by atoms with Gasteiger partial charge in [0.1, 0.15) is 0 Å². The fourth-order valence-electron chi connectivity index (χ4n) is 2.07. The molecule has 0 aliphatic carbocycles. The monoisotopic (exact) mass is 485 g/mol. The van der Waals surface area contributed by atoms with Crippen LogP contribution in [0.2, 0.25) is 0 Å². The van der Waals surface area contributed by atoms with Gasteiger partial charge in [0.15, 0.2) is 23.9 Å². The van der Waals surface area contributed by atoms with Gasteiger partial charge >= 0.3 is 5.69 Å². The second kappa shape index (κ2) is 9.16. The fraction of sp³-hybridized carbons (Fsp3) is 0.176. The second-order valence-corrected chi connectivity index (χ2v) is 6.53. The van der Waals surface area contributed by atoms with E-state index >= 15 is 0 Å². The normalized spacial score (nSPS) is 10.6. The molecule has 0 spiro atoms. The van der Waals surface area contributed by atoms with E-state index < -0.39 is 17.4 Å². The second-order valence-electron chi connectivity index (χ2n) is 5.36. The molecule has 0 aliphatic rings. The lowest BCUT2D eigenvalue weighted by atomic mass is 10.2. The molecule has 0 heterocycles. The molecular formula is C17H16IN3O6. The molecule has 27 heavy (non-hydrogen) atoms. The number of phenolic OH excluding ortho intramolecular Hbond substituents is 1. The lowest BCUT2D eigenvalue weighted by molar-refractivity contribution is -0.385. The van der Waals surface area contributed by atoms with Crippen molar-refractivity contribution in [2.75, 3.05) is 13.7 Å². The zero-order valence-corrected chi connectivity index (χ0v) is 16.6. The van der Waals surface area contributed by atoms with E-state index in [4.69, 9.17) is 9.47 Å². The summed E-state index contributed by atoms with van der Waals surface area (Å²) in [4.78, 5) is 22.3. The number of halogens is 1. The molecule has 0 bridgehead atoms. The number of carbonyl (C=O) groups is 1. The summed E-state index contributed by atoms with van der Waals surface area (Å²) in [6.07, 6.45) is 1.37. The smallest absolute Gasteiger partial charge is 0.311 e. The molecule has 2 aromatic rings. The van der Waals surface area contributed by atoms with Crippen molar-refractivity contribution in [1.82, 2.24) is 5.43 Å². The zero-order valence-electron chi connectivity index (χ0n) is 14.4. The number of hydrogen-bond acceptors (Lipinski definition) is 7. The maximum Gasteiger partial charge on any atom is 0.311 e. The lowest BCUT2D eigenvalue weighted by Crippen LogP contribution is -2.24. The number of aromatic hydroxyl groups is 1. The van der Waals surface area contributed by atoms with Gasteiger partial charge in [-0.05, 0) is 58.8 Å². The largest absolute Gasteiger partial charge is 0.504 e. The summed E-state index contributed by atoms with van der Waals surface area (Å²) < 4.78 is 10.8. The van der Waals surface area contributed by atoms with Gasteiger partial charge in [-0.3, -0.25) is 14.9 Å². The van der Waals surface area contributed by atoms with Crippen molar-refractivity contribution in [3.8, 4) is 17.2 Å². The number of hydrogen-bond donors (Lipinski definition) is 2. The maximum atomic E-state index is 11.8. The van der Waals surface area contributed by atoms with Crippen molar-refractivity contribution in [1.29, 1.82) is 0 Å². The summed E-state index contributed by atoms with van der Waals surface area (Å²) in [6, 6.07) is 7.66. The Morgan fingerprint density at radius 3 is 2.78 bits per heavy atom. The first kappa shape index (κ1) is 20.4. The zero-order chi connectivity index (χ0) is 20.0. The molecule has 0 unspecified atom stereocenters. The minimum atomic E-state index is -0.582. The van der Waals surface area contributed by atoms with Crippen LogP contribution in [0.5, 0.6) is 17.2 Å². The van der Waals surface area contributed by atoms with E-state index in [0.29, 0.717) is 14.7 Å². The summed E-state index contributed by atoms with van der Waals surface area (Å²) in [7, 11) is 1.43. The van der Waals surface area contributed by atoms with E-state index in [-0.39, 0.29) is 22.9 Å². The highest BCUT2D eigenvalue weighted by Crippen LogP contribution is 2.31. The third-order valence-corrected chi connectivity index (χ3v) is 4.17. The van der Waals surface area contributed by atoms with Crippen LogP contribution in [0.1, 0.15) is 11.1 Å². The van der Waals surface area contributed by atoms with Crippen molar-refractivity contribution < 1.29 is 24.3 Å². The third kappa shape index (κ3) is 5.54. The van der Waals surface area contributed by atoms with Crippen molar-refractivity contribution in [2.24, 2.45) is 5.10 Å². The molecule has 10 heteroatoms. The van der Waals surface area contributed by atoms with Gasteiger partial charge < -0.3 is 14.6 Å². The summed E-state index contributed by atoms with van der Waals surface area (Å²) in [5.74, 6) is -0.277. The molecule has 2 aromatic carbocycles. The van der Waals surface area contributed by atoms with Crippen molar-refractivity contribution in [3.63, 3.8) is 0 Å². The van der Waals surface area contributed by atoms with Gasteiger partial charge in [-0.1, -0.05) is 6.07 Å². The fourth-order valence-corrected chi connectivity index (χ4v) is 2.70. The number of nitrogens with zero attached hydrogens (tertiary/aromatic N) is 2. The van der Waals surface area contributed by atoms with Gasteiger partial charge in [-0.15, -0.1) is 0 Å². The Bertz CT molecular complexity index is 900. The molecule has 2 N–H and O–H groups in total. The van der Waals surface area contributed by atoms with Crippen molar-refractivity contribution in [3.05, 3.63) is 55.1 Å². The van der Waals surface area contributed by atoms with Gasteiger partial charge in [0, 0.05) is 6.07 Å². The number of methoxy groups -OCH3 is 1. The van der Waals surface area contributed by atoms with Gasteiger partial charge in [0.2, 0.25) is 0 Å². The number of nitro benzene ring substituents is 1. The van der Waals surface area contributed by atoms with Crippen LogP contribution in [0.15, 0.2) is 35.4 Å². The molecule has 0 aromatic heterocycles. The third-order valence-electron chi connectivity index (χ3n) is 3.34. The standard InChI is InChI=1S/C17H16IN3O6/c1-10-3-4-14(13(5-10)21(24)25)27-9-16(22)20-19-8-11-6-12(18)17(23)15(7-11)26-2/h3-8,23H,9H2,1-2H3,(H,20,22). The lowest BCUT2D eigenvalue weighted by Gasteiger charge is -2.07. The van der Waals surface area contributed by atoms with Crippen LogP contribution >= 0.6 is 22.6 Å². The van der Waals surface area contributed by atoms with Crippen LogP contribution in [0.3, 0.4) is 0 Å². The number of ether oxygens (including phenoxy) is 2. The van der Waals surface area contributed by atoms with E-state index in [1.165, 1.54) is 25.5 Å². The molecule has 0 fully saturated rings. The Morgan fingerprint density at radius 1 is 1.37 bits per heavy atom. The number of carbonyl (C=O) groups excluding carboxylic acids is 1. The summed E-state index contributed by atoms with van der Waals surface area (Å²) in [5, 5.41) is 24.6. The number of phenols is 1. The molecule has 9 nitrogen and oxygen atoms in total. The van der Waals surface area contributed by atoms with Gasteiger partial charge in [-0.25, -0.2) is 5.43 Å². The predicted octanol–water partition coefficient (Wildman–Crippen LogP) is 2.75. The maximum absolute atomic E-state index is 11.8. The molecule has 0 saturated carbocycles. The highest BCUT2D eigenvalue weighted by atomic mass is 127. The van der Waals surface area contributed by atoms with Crippen LogP contribution in [-0.2, 0) is 4.79 Å². The number of rotatable bonds is 7. The number of benzene rings is 2. The highest BCUT2D eigenvalue weighted by Gasteiger charge is 2.16. The van der Waals surface area contributed by atoms with Crippen LogP contribution in [0.25, 0.3) is 0 Å². The first-order valence-corrected chi connectivity index (χ1v) is 8.66. The van der Waals surface area contributed by atoms with Crippen LogP contribution in [-0.4, -0.2) is 35.9 Å². The number of amides is 1. The van der Waals surface area contributed by atoms with Crippen LogP contribution in [0, 0.1) is 20.6 Å². The van der Waals surface area contributed by atoms with E-state index in [2.05, 4.69) is 10.5 Å². The average molecular weight is 485 g/mol. The van der Waals surface area contributed by atoms with E-state index in [1.807, 2.05) is 22.6 Å². The van der Waals surface area contributed by atoms with Gasteiger partial charge in [0.05, 0.1) is 21.8 Å². The van der Waals surface area contributed by atoms with Gasteiger partial charge in [0.25, 0.3) is 5.91 Å². The SMILES string of the molecule is COc1cc(C=NNC(=O)COc2ccc(C)cc2[N+](=O)[O-])cc(I)c1O. The Hall–Kier alpha value is -2.89. The number of aryl methyl sites for hydroxylation is 1. The molecule has 2 rings (SSSR count). The Morgan fingerprint density at radius 2 is 2.11 bits per heavy atom. The summed E-state index contributed by atoms with van der Waals surface area (Å²) >= 11 is 1.94. The van der Waals surface area contributed by atoms with Gasteiger partial charge in [-0.2, -0.15) is 5.10 Å². The summed E-state index contributed by atoms with van der Waals surface area (Å²) in [6.45, 7) is 1.29. The highest BCUT2D eigenvalue weighted by molar-refractivity contribution is 14.1. The molecule has 0 atom stereocenters. The minimum absolute atomic E-state index is 0.00237. The molecule has 0 aliphatic heterocycles. The first-order chi connectivity index (χ1) is 12.8. The number of nitro groups is 1. The Kier molecular flexibility index (Phi) is 6.93. The Balaban J connectivity index is 1.97. The first-order valence-electron chi connectivity index (χ1n) is 7.58. The van der Waals surface area contributed by atoms with Crippen LogP contribution < -0.4 is 14.9 Å². The van der Waals surface area contributed by atoms with Crippen molar-refractivity contribution in [2.45, 2.75) is 6.92 Å². The molecule has 142 valence electrons. The molecule has 1 amide bonds. The molecular weight excluding hydrogens is 469 g/mol. The van der Waals surface area contributed by atoms with E-state index in [9.17, 15) is 20.0 Å². The van der Waals surface area contributed by atoms with Crippen LogP contribution in [0.4, 0.5) is 5.69 Å². The topological polar surface area (TPSA) is 123 Å². The Labute approximate surface area is 168 Å². The van der Waals surface area contributed by atoms with E-state index in [1.54, 1.807) is 25.1 Å². The average Bonchev–Trinajstić information content (AvgIpc) is 2.63. The quantitative estimate of drug-likeness (QED) is 0.269. The van der Waals surface area contributed by atoms with Crippen molar-refractivity contribution >= 4 is 40.4 Å². The number of nitrogens with one attached hydrogen (secondary N) is 1. The predicted molar refractivity (Wildman–Crippen MR) is 106 cm³/mol. The summed E-state index contributed by atoms with van der Waals surface area (Å²) in [5.41, 5.74) is 3.36.